The fourth-order valence-electron chi connectivity index (χ4n) is 1.59. The molecule has 0 unspecified atom stereocenters. The van der Waals surface area contributed by atoms with Gasteiger partial charge >= 0.3 is 6.09 Å². The van der Waals surface area contributed by atoms with E-state index >= 15 is 0 Å². The molecule has 0 aromatic heterocycles. The van der Waals surface area contributed by atoms with E-state index in [-0.39, 0.29) is 6.04 Å². The van der Waals surface area contributed by atoms with Crippen LogP contribution in [-0.2, 0) is 4.74 Å². The molecule has 86 valence electrons. The van der Waals surface area contributed by atoms with Gasteiger partial charge < -0.3 is 10.1 Å². The van der Waals surface area contributed by atoms with Crippen molar-refractivity contribution in [3.63, 3.8) is 0 Å². The van der Waals surface area contributed by atoms with Gasteiger partial charge in [-0.1, -0.05) is 34.8 Å². The quantitative estimate of drug-likeness (QED) is 0.794. The summed E-state index contributed by atoms with van der Waals surface area (Å²) >= 11 is 17.9. The highest BCUT2D eigenvalue weighted by atomic mass is 35.5. The zero-order valence-electron chi connectivity index (χ0n) is 8.10. The Morgan fingerprint density at radius 1 is 1.31 bits per heavy atom. The highest BCUT2D eigenvalue weighted by molar-refractivity contribution is 6.43. The lowest BCUT2D eigenvalue weighted by Crippen LogP contribution is -2.35. The fraction of sp³-hybridized carbons (Fsp3) is 0.300. The molecule has 0 spiro atoms. The summed E-state index contributed by atoms with van der Waals surface area (Å²) in [4.78, 5) is 11.1. The van der Waals surface area contributed by atoms with Crippen molar-refractivity contribution in [3.8, 4) is 0 Å². The number of amides is 1. The second-order valence-electron chi connectivity index (χ2n) is 3.41. The standard InChI is InChI=1S/C10H8Cl3NO2/c11-5-3-6(9(13)7(12)4-5)8-1-2-16-10(15)14-8/h3-4,8H,1-2H2,(H,14,15)/t8-/m0/s1. The summed E-state index contributed by atoms with van der Waals surface area (Å²) in [5.74, 6) is 0. The first-order chi connectivity index (χ1) is 7.58. The Morgan fingerprint density at radius 2 is 2.06 bits per heavy atom. The average Bonchev–Trinajstić information content (AvgIpc) is 2.23. The summed E-state index contributed by atoms with van der Waals surface area (Å²) in [6.45, 7) is 0.358. The van der Waals surface area contributed by atoms with Crippen LogP contribution in [0.3, 0.4) is 0 Å². The molecule has 1 fully saturated rings. The third-order valence-corrected chi connectivity index (χ3v) is 3.36. The number of carbonyl (C=O) groups excluding carboxylic acids is 1. The van der Waals surface area contributed by atoms with Gasteiger partial charge in [0.25, 0.3) is 0 Å². The van der Waals surface area contributed by atoms with Crippen LogP contribution >= 0.6 is 34.8 Å². The molecule has 1 N–H and O–H groups in total. The molecule has 0 aliphatic carbocycles. The van der Waals surface area contributed by atoms with E-state index in [9.17, 15) is 4.79 Å². The Labute approximate surface area is 108 Å². The lowest BCUT2D eigenvalue weighted by Gasteiger charge is -2.24. The predicted octanol–water partition coefficient (Wildman–Crippen LogP) is 3.82. The summed E-state index contributed by atoms with van der Waals surface area (Å²) in [6.07, 6.45) is 0.186. The topological polar surface area (TPSA) is 38.3 Å². The van der Waals surface area contributed by atoms with Crippen LogP contribution < -0.4 is 5.32 Å². The molecule has 1 aliphatic heterocycles. The van der Waals surface area contributed by atoms with Gasteiger partial charge in [-0.05, 0) is 17.7 Å². The molecule has 0 saturated carbocycles. The number of ether oxygens (including phenoxy) is 1. The Kier molecular flexibility index (Phi) is 3.47. The molecule has 1 atom stereocenters. The van der Waals surface area contributed by atoms with E-state index in [1.807, 2.05) is 0 Å². The Bertz CT molecular complexity index is 436. The van der Waals surface area contributed by atoms with E-state index in [1.54, 1.807) is 12.1 Å². The van der Waals surface area contributed by atoms with Gasteiger partial charge in [-0.25, -0.2) is 4.79 Å². The molecule has 0 radical (unpaired) electrons. The van der Waals surface area contributed by atoms with Gasteiger partial charge in [-0.15, -0.1) is 0 Å². The molecule has 2 rings (SSSR count). The van der Waals surface area contributed by atoms with Crippen LogP contribution in [-0.4, -0.2) is 12.7 Å². The number of alkyl carbamates (subject to hydrolysis) is 1. The van der Waals surface area contributed by atoms with Crippen LogP contribution in [0.4, 0.5) is 4.79 Å². The Hall–Kier alpha value is -0.640. The fourth-order valence-corrected chi connectivity index (χ4v) is 2.34. The maximum Gasteiger partial charge on any atom is 0.407 e. The van der Waals surface area contributed by atoms with Gasteiger partial charge in [0.15, 0.2) is 0 Å². The summed E-state index contributed by atoms with van der Waals surface area (Å²) < 4.78 is 4.77. The van der Waals surface area contributed by atoms with Gasteiger partial charge in [-0.2, -0.15) is 0 Å². The van der Waals surface area contributed by atoms with Gasteiger partial charge in [0.1, 0.15) is 0 Å². The molecule has 1 saturated heterocycles. The molecule has 0 bridgehead atoms. The second-order valence-corrected chi connectivity index (χ2v) is 4.63. The highest BCUT2D eigenvalue weighted by Gasteiger charge is 2.24. The van der Waals surface area contributed by atoms with Crippen molar-refractivity contribution in [3.05, 3.63) is 32.8 Å². The van der Waals surface area contributed by atoms with Crippen LogP contribution in [0, 0.1) is 0 Å². The largest absolute Gasteiger partial charge is 0.449 e. The first-order valence-corrected chi connectivity index (χ1v) is 5.79. The van der Waals surface area contributed by atoms with Crippen molar-refractivity contribution in [1.82, 2.24) is 5.32 Å². The van der Waals surface area contributed by atoms with E-state index in [2.05, 4.69) is 5.32 Å². The number of carbonyl (C=O) groups is 1. The number of hydrogen-bond acceptors (Lipinski definition) is 2. The van der Waals surface area contributed by atoms with Gasteiger partial charge in [0.2, 0.25) is 0 Å². The molecule has 1 aromatic rings. The molecule has 6 heteroatoms. The Balaban J connectivity index is 2.35. The lowest BCUT2D eigenvalue weighted by atomic mass is 10.0. The maximum atomic E-state index is 11.1. The molecule has 1 heterocycles. The van der Waals surface area contributed by atoms with E-state index in [4.69, 9.17) is 39.5 Å². The minimum Gasteiger partial charge on any atom is -0.449 e. The molecule has 1 aliphatic rings. The number of cyclic esters (lactones) is 1. The number of halogens is 3. The molecule has 1 amide bonds. The van der Waals surface area contributed by atoms with E-state index in [0.29, 0.717) is 28.1 Å². The predicted molar refractivity (Wildman–Crippen MR) is 63.3 cm³/mol. The smallest absolute Gasteiger partial charge is 0.407 e. The van der Waals surface area contributed by atoms with Gasteiger partial charge in [0, 0.05) is 11.4 Å². The zero-order chi connectivity index (χ0) is 11.7. The minimum absolute atomic E-state index is 0.204. The van der Waals surface area contributed by atoms with Gasteiger partial charge in [-0.3, -0.25) is 0 Å². The molecule has 16 heavy (non-hydrogen) atoms. The number of nitrogens with one attached hydrogen (secondary N) is 1. The first-order valence-electron chi connectivity index (χ1n) is 4.65. The maximum absolute atomic E-state index is 11.1. The van der Waals surface area contributed by atoms with Crippen molar-refractivity contribution in [2.45, 2.75) is 12.5 Å². The third kappa shape index (κ3) is 2.37. The highest BCUT2D eigenvalue weighted by Crippen LogP contribution is 2.35. The lowest BCUT2D eigenvalue weighted by molar-refractivity contribution is 0.115. The summed E-state index contributed by atoms with van der Waals surface area (Å²) in [5, 5.41) is 3.95. The van der Waals surface area contributed by atoms with Crippen molar-refractivity contribution in [2.75, 3.05) is 6.61 Å². The van der Waals surface area contributed by atoms with Crippen LogP contribution in [0.5, 0.6) is 0 Å². The van der Waals surface area contributed by atoms with Gasteiger partial charge in [0.05, 0.1) is 22.7 Å². The van der Waals surface area contributed by atoms with Crippen molar-refractivity contribution in [1.29, 1.82) is 0 Å². The van der Waals surface area contributed by atoms with Crippen LogP contribution in [0.2, 0.25) is 15.1 Å². The molecule has 3 nitrogen and oxygen atoms in total. The minimum atomic E-state index is -0.455. The third-order valence-electron chi connectivity index (χ3n) is 2.33. The van der Waals surface area contributed by atoms with E-state index in [1.165, 1.54) is 0 Å². The summed E-state index contributed by atoms with van der Waals surface area (Å²) in [6, 6.07) is 3.06. The van der Waals surface area contributed by atoms with Crippen molar-refractivity contribution >= 4 is 40.9 Å². The number of rotatable bonds is 1. The van der Waals surface area contributed by atoms with Crippen LogP contribution in [0.25, 0.3) is 0 Å². The molecule has 1 aromatic carbocycles. The van der Waals surface area contributed by atoms with Crippen molar-refractivity contribution in [2.24, 2.45) is 0 Å². The van der Waals surface area contributed by atoms with Crippen molar-refractivity contribution < 1.29 is 9.53 Å². The SMILES string of the molecule is O=C1N[C@H](c2cc(Cl)cc(Cl)c2Cl)CCO1. The monoisotopic (exact) mass is 279 g/mol. The van der Waals surface area contributed by atoms with E-state index in [0.717, 1.165) is 5.56 Å². The Morgan fingerprint density at radius 3 is 2.75 bits per heavy atom. The second kappa shape index (κ2) is 4.70. The number of hydrogen-bond donors (Lipinski definition) is 1. The average molecular weight is 281 g/mol. The zero-order valence-corrected chi connectivity index (χ0v) is 10.4. The number of benzene rings is 1. The molecular weight excluding hydrogens is 272 g/mol. The summed E-state index contributed by atoms with van der Waals surface area (Å²) in [7, 11) is 0. The van der Waals surface area contributed by atoms with E-state index < -0.39 is 6.09 Å². The molecular formula is C10H8Cl3NO2. The first kappa shape index (κ1) is 11.8. The van der Waals surface area contributed by atoms with Crippen LogP contribution in [0.15, 0.2) is 12.1 Å². The van der Waals surface area contributed by atoms with Crippen LogP contribution in [0.1, 0.15) is 18.0 Å². The normalized spacial score (nSPS) is 20.2. The summed E-state index contributed by atoms with van der Waals surface area (Å²) in [5.41, 5.74) is 0.718.